The summed E-state index contributed by atoms with van der Waals surface area (Å²) in [7, 11) is 0. The van der Waals surface area contributed by atoms with Crippen LogP contribution < -0.4 is 5.32 Å². The highest BCUT2D eigenvalue weighted by atomic mass is 16.8. The largest absolute Gasteiger partial charge is 0.456 e. The van der Waals surface area contributed by atoms with E-state index in [9.17, 15) is 19.5 Å². The predicted molar refractivity (Wildman–Crippen MR) is 192 cm³/mol. The van der Waals surface area contributed by atoms with Crippen LogP contribution in [-0.4, -0.2) is 84.0 Å². The lowest BCUT2D eigenvalue weighted by Crippen LogP contribution is -2.49. The molecule has 3 aromatic rings. The van der Waals surface area contributed by atoms with Crippen LogP contribution in [0.4, 0.5) is 0 Å². The number of epoxide rings is 1. The van der Waals surface area contributed by atoms with Crippen LogP contribution in [0.1, 0.15) is 65.6 Å². The highest BCUT2D eigenvalue weighted by Crippen LogP contribution is 2.47. The van der Waals surface area contributed by atoms with Crippen molar-refractivity contribution < 1.29 is 38.4 Å². The predicted octanol–water partition coefficient (Wildman–Crippen LogP) is 4.91. The van der Waals surface area contributed by atoms with E-state index in [1.165, 1.54) is 0 Å². The van der Waals surface area contributed by atoms with Crippen LogP contribution in [0.5, 0.6) is 0 Å². The van der Waals surface area contributed by atoms with Gasteiger partial charge in [0.2, 0.25) is 17.6 Å². The van der Waals surface area contributed by atoms with Crippen LogP contribution in [0.2, 0.25) is 0 Å². The number of amides is 2. The summed E-state index contributed by atoms with van der Waals surface area (Å²) in [5.41, 5.74) is 3.23. The monoisotopic (exact) mass is 704 g/mol. The lowest BCUT2D eigenvalue weighted by Gasteiger charge is -2.33. The second kappa shape index (κ2) is 14.8. The Labute approximate surface area is 303 Å². The second-order valence-electron chi connectivity index (χ2n) is 14.3. The molecule has 270 valence electrons. The van der Waals surface area contributed by atoms with Gasteiger partial charge in [-0.05, 0) is 61.8 Å². The summed E-state index contributed by atoms with van der Waals surface area (Å²) >= 11 is 0. The Hall–Kier alpha value is -4.61. The number of carbonyl (C=O) groups excluding carboxylic acids is 3. The summed E-state index contributed by atoms with van der Waals surface area (Å²) in [6.07, 6.45) is 9.03. The molecule has 2 aliphatic carbocycles. The van der Waals surface area contributed by atoms with Gasteiger partial charge in [0.15, 0.2) is 0 Å². The van der Waals surface area contributed by atoms with Crippen LogP contribution in [-0.2, 0) is 34.3 Å². The summed E-state index contributed by atoms with van der Waals surface area (Å²) in [6, 6.07) is 25.9. The number of benzene rings is 3. The van der Waals surface area contributed by atoms with Crippen LogP contribution in [0.3, 0.4) is 0 Å². The number of hydrogen-bond acceptors (Lipinski definition) is 8. The molecule has 7 atom stereocenters. The van der Waals surface area contributed by atoms with Crippen molar-refractivity contribution in [1.29, 1.82) is 0 Å². The average Bonchev–Trinajstić information content (AvgIpc) is 3.58. The topological polar surface area (TPSA) is 127 Å². The van der Waals surface area contributed by atoms with E-state index in [2.05, 4.69) is 17.5 Å². The summed E-state index contributed by atoms with van der Waals surface area (Å²) in [4.78, 5) is 42.7. The Balaban J connectivity index is 1.08. The van der Waals surface area contributed by atoms with Crippen LogP contribution in [0.15, 0.2) is 103 Å². The summed E-state index contributed by atoms with van der Waals surface area (Å²) in [5.74, 6) is -2.01. The van der Waals surface area contributed by atoms with E-state index in [0.29, 0.717) is 48.6 Å². The van der Waals surface area contributed by atoms with E-state index in [4.69, 9.17) is 18.9 Å². The van der Waals surface area contributed by atoms with Gasteiger partial charge < -0.3 is 34.3 Å². The first-order chi connectivity index (χ1) is 25.4. The number of nitrogens with zero attached hydrogens (tertiary/aromatic N) is 1. The molecule has 8 rings (SSSR count). The first kappa shape index (κ1) is 34.5. The first-order valence-electron chi connectivity index (χ1n) is 18.4. The number of aliphatic hydroxyl groups excluding tert-OH is 1. The van der Waals surface area contributed by atoms with Crippen molar-refractivity contribution >= 4 is 23.9 Å². The number of ether oxygens (including phenoxy) is 4. The van der Waals surface area contributed by atoms with Gasteiger partial charge in [-0.1, -0.05) is 84.9 Å². The van der Waals surface area contributed by atoms with Crippen molar-refractivity contribution in [2.45, 2.75) is 80.9 Å². The highest BCUT2D eigenvalue weighted by Gasteiger charge is 2.55. The van der Waals surface area contributed by atoms with E-state index >= 15 is 0 Å². The van der Waals surface area contributed by atoms with Crippen molar-refractivity contribution in [3.8, 4) is 0 Å². The first-order valence-corrected chi connectivity index (χ1v) is 18.4. The van der Waals surface area contributed by atoms with Crippen molar-refractivity contribution in [1.82, 2.24) is 10.2 Å². The molecule has 2 amide bonds. The zero-order valence-corrected chi connectivity index (χ0v) is 29.0. The minimum Gasteiger partial charge on any atom is -0.456 e. The SMILES string of the molecule is O=C(OC1CC(C(=O)N2CCCC2C(=O)NCCO)=CC2OC(c3ccccc3)(c3ccccc3)OC21)c1cccc(C=CC2CCC3OC3C2)c1. The summed E-state index contributed by atoms with van der Waals surface area (Å²) < 4.78 is 25.7. The lowest BCUT2D eigenvalue weighted by atomic mass is 9.88. The van der Waals surface area contributed by atoms with Gasteiger partial charge in [0.1, 0.15) is 24.4 Å². The Morgan fingerprint density at radius 1 is 0.923 bits per heavy atom. The molecule has 0 aromatic heterocycles. The molecule has 52 heavy (non-hydrogen) atoms. The molecule has 5 aliphatic rings. The van der Waals surface area contributed by atoms with E-state index in [1.807, 2.05) is 78.9 Å². The third-order valence-corrected chi connectivity index (χ3v) is 10.9. The Morgan fingerprint density at radius 3 is 2.42 bits per heavy atom. The molecule has 0 radical (unpaired) electrons. The number of hydrogen-bond donors (Lipinski definition) is 2. The maximum atomic E-state index is 14.2. The van der Waals surface area contributed by atoms with Crippen molar-refractivity contribution in [3.05, 3.63) is 125 Å². The number of likely N-dealkylation sites (tertiary alicyclic amines) is 1. The fraction of sp³-hybridized carbons (Fsp3) is 0.405. The van der Waals surface area contributed by atoms with Gasteiger partial charge >= 0.3 is 5.97 Å². The molecule has 1 saturated carbocycles. The second-order valence-corrected chi connectivity index (χ2v) is 14.3. The van der Waals surface area contributed by atoms with Gasteiger partial charge in [0.05, 0.1) is 24.4 Å². The van der Waals surface area contributed by atoms with Gasteiger partial charge in [0.25, 0.3) is 0 Å². The Kier molecular flexibility index (Phi) is 9.80. The molecule has 10 heteroatoms. The van der Waals surface area contributed by atoms with Crippen LogP contribution >= 0.6 is 0 Å². The third kappa shape index (κ3) is 6.96. The van der Waals surface area contributed by atoms with E-state index in [-0.39, 0.29) is 31.4 Å². The van der Waals surface area contributed by atoms with Crippen LogP contribution in [0.25, 0.3) is 6.08 Å². The smallest absolute Gasteiger partial charge is 0.338 e. The number of aliphatic hydroxyl groups is 1. The fourth-order valence-corrected chi connectivity index (χ4v) is 8.18. The molecule has 10 nitrogen and oxygen atoms in total. The number of esters is 1. The van der Waals surface area contributed by atoms with Crippen molar-refractivity contribution in [3.63, 3.8) is 0 Å². The minimum atomic E-state index is -1.33. The van der Waals surface area contributed by atoms with Crippen LogP contribution in [0, 0.1) is 5.92 Å². The number of carbonyl (C=O) groups is 3. The summed E-state index contributed by atoms with van der Waals surface area (Å²) in [5, 5.41) is 11.9. The molecule has 3 saturated heterocycles. The number of allylic oxidation sites excluding steroid dienone is 1. The molecule has 4 fully saturated rings. The van der Waals surface area contributed by atoms with Crippen molar-refractivity contribution in [2.24, 2.45) is 5.92 Å². The quantitative estimate of drug-likeness (QED) is 0.225. The lowest BCUT2D eigenvalue weighted by molar-refractivity contribution is -0.157. The normalized spacial score (nSPS) is 28.8. The average molecular weight is 705 g/mol. The maximum absolute atomic E-state index is 14.2. The maximum Gasteiger partial charge on any atom is 0.338 e. The molecule has 3 aromatic carbocycles. The highest BCUT2D eigenvalue weighted by molar-refractivity contribution is 5.98. The van der Waals surface area contributed by atoms with Gasteiger partial charge in [-0.2, -0.15) is 0 Å². The standard InChI is InChI=1S/C42H44N2O8/c45-22-20-43-39(46)33-15-8-21-44(33)40(47)30-25-36(50-41(48)29-10-7-9-27(23-29)16-17-28-18-19-34-35(24-28)49-34)38-37(26-30)51-42(52-38,31-11-3-1-4-12-31)32-13-5-2-6-14-32/h1-7,9-14,16-17,23,26,28,33-38,45H,8,15,18-22,24-25H2,(H,43,46). The number of rotatable bonds is 10. The zero-order valence-electron chi connectivity index (χ0n) is 29.0. The molecule has 2 N–H and O–H groups in total. The molecular weight excluding hydrogens is 660 g/mol. The van der Waals surface area contributed by atoms with E-state index < -0.39 is 36.1 Å². The summed E-state index contributed by atoms with van der Waals surface area (Å²) in [6.45, 7) is 0.337. The third-order valence-electron chi connectivity index (χ3n) is 10.9. The molecule has 0 spiro atoms. The Bertz CT molecular complexity index is 1810. The van der Waals surface area contributed by atoms with Crippen molar-refractivity contribution in [2.75, 3.05) is 19.7 Å². The minimum absolute atomic E-state index is 0.0851. The number of fused-ring (bicyclic) bond motifs is 2. The fourth-order valence-electron chi connectivity index (χ4n) is 8.18. The van der Waals surface area contributed by atoms with Gasteiger partial charge in [-0.15, -0.1) is 0 Å². The Morgan fingerprint density at radius 2 is 1.69 bits per heavy atom. The molecule has 7 unspecified atom stereocenters. The van der Waals surface area contributed by atoms with Gasteiger partial charge in [0, 0.05) is 36.2 Å². The molecular formula is C42H44N2O8. The van der Waals surface area contributed by atoms with E-state index in [1.54, 1.807) is 17.0 Å². The number of nitrogens with one attached hydrogen (secondary N) is 1. The molecule has 0 bridgehead atoms. The molecule has 3 heterocycles. The van der Waals surface area contributed by atoms with Gasteiger partial charge in [-0.3, -0.25) is 9.59 Å². The van der Waals surface area contributed by atoms with Gasteiger partial charge in [-0.25, -0.2) is 4.79 Å². The zero-order chi connectivity index (χ0) is 35.7. The van der Waals surface area contributed by atoms with E-state index in [0.717, 1.165) is 36.0 Å². The molecule has 3 aliphatic heterocycles.